The summed E-state index contributed by atoms with van der Waals surface area (Å²) in [6.45, 7) is 1.80. The van der Waals surface area contributed by atoms with E-state index in [1.807, 2.05) is 65.6 Å². The summed E-state index contributed by atoms with van der Waals surface area (Å²) in [6, 6.07) is 19.0. The minimum absolute atomic E-state index is 0.0740. The number of piperidine rings is 1. The van der Waals surface area contributed by atoms with Crippen LogP contribution in [0.25, 0.3) is 0 Å². The number of carbonyl (C=O) groups excluding carboxylic acids is 2. The van der Waals surface area contributed by atoms with E-state index in [0.29, 0.717) is 18.1 Å². The molecule has 0 unspecified atom stereocenters. The first-order chi connectivity index (χ1) is 14.7. The summed E-state index contributed by atoms with van der Waals surface area (Å²) in [7, 11) is 0. The third kappa shape index (κ3) is 5.01. The first-order valence-corrected chi connectivity index (χ1v) is 10.8. The molecule has 2 aromatic carbocycles. The lowest BCUT2D eigenvalue weighted by Crippen LogP contribution is -2.44. The molecule has 3 aromatic rings. The Balaban J connectivity index is 1.34. The molecule has 2 N–H and O–H groups in total. The number of amides is 3. The molecule has 1 aliphatic heterocycles. The molecule has 7 nitrogen and oxygen atoms in total. The SMILES string of the molecule is O=C(Nc1ccccc1)c1nnc([C@H]2CCCN(C(=O)NCc3ccccc3)C2)s1. The molecule has 2 heterocycles. The van der Waals surface area contributed by atoms with Crippen molar-refractivity contribution in [3.05, 3.63) is 76.2 Å². The smallest absolute Gasteiger partial charge is 0.317 e. The summed E-state index contributed by atoms with van der Waals surface area (Å²) in [5.41, 5.74) is 1.79. The average Bonchev–Trinajstić information content (AvgIpc) is 3.30. The van der Waals surface area contributed by atoms with Gasteiger partial charge in [0.05, 0.1) is 0 Å². The van der Waals surface area contributed by atoms with Gasteiger partial charge in [-0.25, -0.2) is 4.79 Å². The molecule has 3 amide bonds. The van der Waals surface area contributed by atoms with Crippen LogP contribution in [-0.4, -0.2) is 40.1 Å². The van der Waals surface area contributed by atoms with Crippen LogP contribution in [0.2, 0.25) is 0 Å². The Morgan fingerprint density at radius 3 is 2.53 bits per heavy atom. The molecule has 0 bridgehead atoms. The molecule has 1 fully saturated rings. The van der Waals surface area contributed by atoms with E-state index in [-0.39, 0.29) is 17.9 Å². The third-order valence-corrected chi connectivity index (χ3v) is 6.10. The lowest BCUT2D eigenvalue weighted by Gasteiger charge is -2.31. The van der Waals surface area contributed by atoms with Crippen molar-refractivity contribution < 1.29 is 9.59 Å². The predicted octanol–water partition coefficient (Wildman–Crippen LogP) is 3.88. The summed E-state index contributed by atoms with van der Waals surface area (Å²) in [4.78, 5) is 26.8. The quantitative estimate of drug-likeness (QED) is 0.655. The van der Waals surface area contributed by atoms with Crippen LogP contribution in [0.4, 0.5) is 10.5 Å². The first kappa shape index (κ1) is 20.0. The fourth-order valence-electron chi connectivity index (χ4n) is 3.45. The number of hydrogen-bond acceptors (Lipinski definition) is 5. The topological polar surface area (TPSA) is 87.2 Å². The molecule has 8 heteroatoms. The first-order valence-electron chi connectivity index (χ1n) is 9.95. The van der Waals surface area contributed by atoms with Crippen LogP contribution in [0.3, 0.4) is 0 Å². The van der Waals surface area contributed by atoms with E-state index in [1.165, 1.54) is 11.3 Å². The number of rotatable bonds is 5. The van der Waals surface area contributed by atoms with Crippen molar-refractivity contribution in [2.75, 3.05) is 18.4 Å². The zero-order chi connectivity index (χ0) is 20.8. The van der Waals surface area contributed by atoms with Gasteiger partial charge in [0.25, 0.3) is 5.91 Å². The van der Waals surface area contributed by atoms with Gasteiger partial charge in [0.15, 0.2) is 0 Å². The lowest BCUT2D eigenvalue weighted by molar-refractivity contribution is 0.102. The van der Waals surface area contributed by atoms with Gasteiger partial charge < -0.3 is 15.5 Å². The lowest BCUT2D eigenvalue weighted by atomic mass is 9.99. The highest BCUT2D eigenvalue weighted by Gasteiger charge is 2.28. The van der Waals surface area contributed by atoms with E-state index in [4.69, 9.17) is 0 Å². The van der Waals surface area contributed by atoms with Crippen LogP contribution in [-0.2, 0) is 6.54 Å². The van der Waals surface area contributed by atoms with Crippen molar-refractivity contribution in [2.45, 2.75) is 25.3 Å². The largest absolute Gasteiger partial charge is 0.334 e. The van der Waals surface area contributed by atoms with Gasteiger partial charge in [-0.05, 0) is 30.5 Å². The Hall–Kier alpha value is -3.26. The van der Waals surface area contributed by atoms with E-state index in [1.54, 1.807) is 0 Å². The van der Waals surface area contributed by atoms with Crippen LogP contribution >= 0.6 is 11.3 Å². The van der Waals surface area contributed by atoms with Gasteiger partial charge in [-0.1, -0.05) is 59.9 Å². The number of urea groups is 1. The molecule has 0 radical (unpaired) electrons. The van der Waals surface area contributed by atoms with Crippen molar-refractivity contribution in [1.82, 2.24) is 20.4 Å². The summed E-state index contributed by atoms with van der Waals surface area (Å²) >= 11 is 1.30. The fourth-order valence-corrected chi connectivity index (χ4v) is 4.31. The molecule has 1 aromatic heterocycles. The van der Waals surface area contributed by atoms with Gasteiger partial charge in [-0.15, -0.1) is 10.2 Å². The minimum Gasteiger partial charge on any atom is -0.334 e. The van der Waals surface area contributed by atoms with Gasteiger partial charge in [-0.2, -0.15) is 0 Å². The number of benzene rings is 2. The Morgan fingerprint density at radius 1 is 1.03 bits per heavy atom. The summed E-state index contributed by atoms with van der Waals surface area (Å²) in [5.74, 6) is -0.171. The van der Waals surface area contributed by atoms with Crippen molar-refractivity contribution in [2.24, 2.45) is 0 Å². The highest BCUT2D eigenvalue weighted by atomic mass is 32.1. The Bertz CT molecular complexity index is 993. The van der Waals surface area contributed by atoms with Crippen molar-refractivity contribution >= 4 is 29.0 Å². The van der Waals surface area contributed by atoms with Gasteiger partial charge >= 0.3 is 6.03 Å². The van der Waals surface area contributed by atoms with Crippen molar-refractivity contribution in [3.63, 3.8) is 0 Å². The molecule has 154 valence electrons. The van der Waals surface area contributed by atoms with Crippen LogP contribution < -0.4 is 10.6 Å². The molecular formula is C22H23N5O2S. The average molecular weight is 422 g/mol. The normalized spacial score (nSPS) is 16.1. The minimum atomic E-state index is -0.266. The van der Waals surface area contributed by atoms with E-state index < -0.39 is 0 Å². The second kappa shape index (κ2) is 9.49. The molecule has 1 atom stereocenters. The number of aromatic nitrogens is 2. The number of anilines is 1. The standard InChI is InChI=1S/C22H23N5O2S/c28-19(24-18-11-5-2-6-12-18)21-26-25-20(30-21)17-10-7-13-27(15-17)22(29)23-14-16-8-3-1-4-9-16/h1-6,8-9,11-12,17H,7,10,13-15H2,(H,23,29)(H,24,28)/t17-/m0/s1. The highest BCUT2D eigenvalue weighted by molar-refractivity contribution is 7.13. The van der Waals surface area contributed by atoms with E-state index in [9.17, 15) is 9.59 Å². The number of nitrogens with zero attached hydrogens (tertiary/aromatic N) is 3. The van der Waals surface area contributed by atoms with E-state index in [2.05, 4.69) is 20.8 Å². The summed E-state index contributed by atoms with van der Waals surface area (Å²) in [5, 5.41) is 15.3. The van der Waals surface area contributed by atoms with Crippen molar-refractivity contribution in [3.8, 4) is 0 Å². The van der Waals surface area contributed by atoms with Crippen LogP contribution in [0, 0.1) is 0 Å². The number of hydrogen-bond donors (Lipinski definition) is 2. The number of nitrogens with one attached hydrogen (secondary N) is 2. The Labute approximate surface area is 179 Å². The van der Waals surface area contributed by atoms with E-state index >= 15 is 0 Å². The molecule has 1 aliphatic rings. The molecule has 4 rings (SSSR count). The van der Waals surface area contributed by atoms with Gasteiger partial charge in [0.2, 0.25) is 5.01 Å². The number of para-hydroxylation sites is 1. The second-order valence-corrected chi connectivity index (χ2v) is 8.20. The third-order valence-electron chi connectivity index (χ3n) is 5.01. The predicted molar refractivity (Wildman–Crippen MR) is 117 cm³/mol. The summed E-state index contributed by atoms with van der Waals surface area (Å²) in [6.07, 6.45) is 1.83. The summed E-state index contributed by atoms with van der Waals surface area (Å²) < 4.78 is 0. The molecular weight excluding hydrogens is 398 g/mol. The highest BCUT2D eigenvalue weighted by Crippen LogP contribution is 2.29. The van der Waals surface area contributed by atoms with Crippen LogP contribution in [0.15, 0.2) is 60.7 Å². The number of likely N-dealkylation sites (tertiary alicyclic amines) is 1. The molecule has 0 spiro atoms. The van der Waals surface area contributed by atoms with Crippen LogP contribution in [0.5, 0.6) is 0 Å². The molecule has 0 aliphatic carbocycles. The molecule has 30 heavy (non-hydrogen) atoms. The molecule has 1 saturated heterocycles. The maximum absolute atomic E-state index is 12.6. The monoisotopic (exact) mass is 421 g/mol. The number of carbonyl (C=O) groups is 2. The second-order valence-electron chi connectivity index (χ2n) is 7.20. The Kier molecular flexibility index (Phi) is 6.34. The zero-order valence-electron chi connectivity index (χ0n) is 16.5. The zero-order valence-corrected chi connectivity index (χ0v) is 17.3. The van der Waals surface area contributed by atoms with E-state index in [0.717, 1.165) is 35.6 Å². The van der Waals surface area contributed by atoms with Crippen LogP contribution in [0.1, 0.15) is 39.1 Å². The van der Waals surface area contributed by atoms with Gasteiger partial charge in [-0.3, -0.25) is 4.79 Å². The van der Waals surface area contributed by atoms with Gasteiger partial charge in [0.1, 0.15) is 5.01 Å². The Morgan fingerprint density at radius 2 is 1.77 bits per heavy atom. The van der Waals surface area contributed by atoms with Gasteiger partial charge in [0, 0.05) is 31.2 Å². The fraction of sp³-hybridized carbons (Fsp3) is 0.273. The maximum atomic E-state index is 12.6. The maximum Gasteiger partial charge on any atom is 0.317 e. The van der Waals surface area contributed by atoms with Crippen molar-refractivity contribution in [1.29, 1.82) is 0 Å². The molecule has 0 saturated carbocycles.